The lowest BCUT2D eigenvalue weighted by Crippen LogP contribution is -2.32. The normalized spacial score (nSPS) is 15.7. The molecule has 0 saturated heterocycles. The van der Waals surface area contributed by atoms with Crippen LogP contribution in [0.2, 0.25) is 0 Å². The Labute approximate surface area is 126 Å². The Morgan fingerprint density at radius 1 is 1.19 bits per heavy atom. The number of ether oxygens (including phenoxy) is 1. The number of amides is 2. The number of nitrogens with two attached hydrogens (primary N) is 1. The maximum Gasteiger partial charge on any atom is 0.319 e. The maximum atomic E-state index is 11.7. The van der Waals surface area contributed by atoms with Gasteiger partial charge in [-0.2, -0.15) is 0 Å². The first-order valence-electron chi connectivity index (χ1n) is 7.73. The highest BCUT2D eigenvalue weighted by molar-refractivity contribution is 5.89. The van der Waals surface area contributed by atoms with Gasteiger partial charge in [-0.3, -0.25) is 0 Å². The number of benzene rings is 1. The zero-order valence-corrected chi connectivity index (χ0v) is 12.4. The fourth-order valence-corrected chi connectivity index (χ4v) is 2.52. The zero-order valence-electron chi connectivity index (χ0n) is 12.4. The second-order valence-corrected chi connectivity index (χ2v) is 5.41. The van der Waals surface area contributed by atoms with Crippen LogP contribution in [0, 0.1) is 0 Å². The van der Waals surface area contributed by atoms with Gasteiger partial charge in [0.15, 0.2) is 0 Å². The SMILES string of the molecule is NCc1ccc(NC(=O)NCCOC2CCCCC2)cc1. The fourth-order valence-electron chi connectivity index (χ4n) is 2.52. The van der Waals surface area contributed by atoms with E-state index in [1.54, 1.807) is 0 Å². The summed E-state index contributed by atoms with van der Waals surface area (Å²) in [7, 11) is 0. The van der Waals surface area contributed by atoms with Crippen LogP contribution in [-0.2, 0) is 11.3 Å². The molecule has 1 aliphatic rings. The standard InChI is InChI=1S/C16H25N3O2/c17-12-13-6-8-14(9-7-13)19-16(20)18-10-11-21-15-4-2-1-3-5-15/h6-9,15H,1-5,10-12,17H2,(H2,18,19,20). The summed E-state index contributed by atoms with van der Waals surface area (Å²) < 4.78 is 5.76. The summed E-state index contributed by atoms with van der Waals surface area (Å²) in [6.07, 6.45) is 6.53. The quantitative estimate of drug-likeness (QED) is 0.705. The molecule has 0 atom stereocenters. The van der Waals surface area contributed by atoms with Crippen LogP contribution in [0.1, 0.15) is 37.7 Å². The molecule has 0 aromatic heterocycles. The van der Waals surface area contributed by atoms with Crippen molar-refractivity contribution in [3.8, 4) is 0 Å². The Hall–Kier alpha value is -1.59. The van der Waals surface area contributed by atoms with E-state index in [2.05, 4.69) is 10.6 Å². The molecule has 2 rings (SSSR count). The van der Waals surface area contributed by atoms with Gasteiger partial charge in [-0.25, -0.2) is 4.79 Å². The van der Waals surface area contributed by atoms with Crippen LogP contribution >= 0.6 is 0 Å². The minimum absolute atomic E-state index is 0.206. The van der Waals surface area contributed by atoms with Gasteiger partial charge in [-0.05, 0) is 30.5 Å². The number of carbonyl (C=O) groups is 1. The topological polar surface area (TPSA) is 76.4 Å². The number of carbonyl (C=O) groups excluding carboxylic acids is 1. The first-order chi connectivity index (χ1) is 10.3. The molecule has 0 heterocycles. The van der Waals surface area contributed by atoms with E-state index in [9.17, 15) is 4.79 Å². The van der Waals surface area contributed by atoms with Crippen LogP contribution in [0.5, 0.6) is 0 Å². The number of urea groups is 1. The molecule has 5 nitrogen and oxygen atoms in total. The van der Waals surface area contributed by atoms with E-state index in [0.29, 0.717) is 25.8 Å². The van der Waals surface area contributed by atoms with Gasteiger partial charge in [-0.15, -0.1) is 0 Å². The molecule has 1 aliphatic carbocycles. The van der Waals surface area contributed by atoms with Crippen molar-refractivity contribution in [3.63, 3.8) is 0 Å². The van der Waals surface area contributed by atoms with Crippen molar-refractivity contribution in [1.29, 1.82) is 0 Å². The molecule has 0 spiro atoms. The van der Waals surface area contributed by atoms with Gasteiger partial charge in [0.05, 0.1) is 12.7 Å². The predicted molar refractivity (Wildman–Crippen MR) is 84.2 cm³/mol. The average Bonchev–Trinajstić information content (AvgIpc) is 2.53. The fraction of sp³-hybridized carbons (Fsp3) is 0.562. The van der Waals surface area contributed by atoms with Crippen molar-refractivity contribution in [2.75, 3.05) is 18.5 Å². The van der Waals surface area contributed by atoms with E-state index in [4.69, 9.17) is 10.5 Å². The van der Waals surface area contributed by atoms with Gasteiger partial charge >= 0.3 is 6.03 Å². The maximum absolute atomic E-state index is 11.7. The molecular formula is C16H25N3O2. The molecule has 2 amide bonds. The highest BCUT2D eigenvalue weighted by Gasteiger charge is 2.13. The zero-order chi connectivity index (χ0) is 14.9. The number of hydrogen-bond acceptors (Lipinski definition) is 3. The molecule has 21 heavy (non-hydrogen) atoms. The van der Waals surface area contributed by atoms with E-state index in [0.717, 1.165) is 24.1 Å². The lowest BCUT2D eigenvalue weighted by Gasteiger charge is -2.22. The lowest BCUT2D eigenvalue weighted by atomic mass is 9.98. The van der Waals surface area contributed by atoms with Crippen molar-refractivity contribution in [3.05, 3.63) is 29.8 Å². The van der Waals surface area contributed by atoms with Gasteiger partial charge < -0.3 is 21.1 Å². The second kappa shape index (κ2) is 8.64. The van der Waals surface area contributed by atoms with Gasteiger partial charge in [-0.1, -0.05) is 31.4 Å². The molecule has 116 valence electrons. The van der Waals surface area contributed by atoms with Crippen molar-refractivity contribution in [1.82, 2.24) is 5.32 Å². The molecule has 0 unspecified atom stereocenters. The van der Waals surface area contributed by atoms with Crippen LogP contribution in [-0.4, -0.2) is 25.3 Å². The molecule has 1 fully saturated rings. The highest BCUT2D eigenvalue weighted by atomic mass is 16.5. The third kappa shape index (κ3) is 5.73. The molecule has 1 saturated carbocycles. The van der Waals surface area contributed by atoms with Crippen molar-refractivity contribution >= 4 is 11.7 Å². The Balaban J connectivity index is 1.60. The number of nitrogens with one attached hydrogen (secondary N) is 2. The van der Waals surface area contributed by atoms with Crippen LogP contribution in [0.15, 0.2) is 24.3 Å². The second-order valence-electron chi connectivity index (χ2n) is 5.41. The van der Waals surface area contributed by atoms with Gasteiger partial charge in [0.1, 0.15) is 0 Å². The Kier molecular flexibility index (Phi) is 6.50. The number of anilines is 1. The smallest absolute Gasteiger partial charge is 0.319 e. The molecule has 1 aromatic rings. The molecule has 1 aromatic carbocycles. The summed E-state index contributed by atoms with van der Waals surface area (Å²) in [5, 5.41) is 5.58. The van der Waals surface area contributed by atoms with Crippen LogP contribution in [0.3, 0.4) is 0 Å². The van der Waals surface area contributed by atoms with Crippen LogP contribution < -0.4 is 16.4 Å². The Morgan fingerprint density at radius 2 is 1.90 bits per heavy atom. The van der Waals surface area contributed by atoms with Crippen LogP contribution in [0.25, 0.3) is 0 Å². The minimum Gasteiger partial charge on any atom is -0.376 e. The third-order valence-corrected chi connectivity index (χ3v) is 3.74. The van der Waals surface area contributed by atoms with Gasteiger partial charge in [0, 0.05) is 18.8 Å². The molecule has 4 N–H and O–H groups in total. The first-order valence-corrected chi connectivity index (χ1v) is 7.73. The van der Waals surface area contributed by atoms with Crippen molar-refractivity contribution < 1.29 is 9.53 Å². The number of rotatable bonds is 6. The summed E-state index contributed by atoms with van der Waals surface area (Å²) in [6, 6.07) is 7.30. The molecule has 0 aliphatic heterocycles. The van der Waals surface area contributed by atoms with Crippen molar-refractivity contribution in [2.24, 2.45) is 5.73 Å². The predicted octanol–water partition coefficient (Wildman–Crippen LogP) is 2.62. The van der Waals surface area contributed by atoms with E-state index in [-0.39, 0.29) is 6.03 Å². The third-order valence-electron chi connectivity index (χ3n) is 3.74. The molecule has 0 bridgehead atoms. The summed E-state index contributed by atoms with van der Waals surface area (Å²) >= 11 is 0. The minimum atomic E-state index is -0.206. The highest BCUT2D eigenvalue weighted by Crippen LogP contribution is 2.19. The molecular weight excluding hydrogens is 266 g/mol. The monoisotopic (exact) mass is 291 g/mol. The van der Waals surface area contributed by atoms with Gasteiger partial charge in [0.2, 0.25) is 0 Å². The lowest BCUT2D eigenvalue weighted by molar-refractivity contribution is 0.0313. The largest absolute Gasteiger partial charge is 0.376 e. The summed E-state index contributed by atoms with van der Waals surface area (Å²) in [5.74, 6) is 0. The number of hydrogen-bond donors (Lipinski definition) is 3. The van der Waals surface area contributed by atoms with Gasteiger partial charge in [0.25, 0.3) is 0 Å². The Morgan fingerprint density at radius 3 is 2.57 bits per heavy atom. The Bertz CT molecular complexity index is 428. The summed E-state index contributed by atoms with van der Waals surface area (Å²) in [6.45, 7) is 1.61. The molecule has 5 heteroatoms. The summed E-state index contributed by atoms with van der Waals surface area (Å²) in [5.41, 5.74) is 7.34. The van der Waals surface area contributed by atoms with E-state index in [1.807, 2.05) is 24.3 Å². The molecule has 0 radical (unpaired) electrons. The first kappa shape index (κ1) is 15.8. The van der Waals surface area contributed by atoms with E-state index in [1.165, 1.54) is 19.3 Å². The van der Waals surface area contributed by atoms with E-state index < -0.39 is 0 Å². The van der Waals surface area contributed by atoms with E-state index >= 15 is 0 Å². The van der Waals surface area contributed by atoms with Crippen molar-refractivity contribution in [2.45, 2.75) is 44.8 Å². The van der Waals surface area contributed by atoms with Crippen LogP contribution in [0.4, 0.5) is 10.5 Å². The average molecular weight is 291 g/mol. The summed E-state index contributed by atoms with van der Waals surface area (Å²) in [4.78, 5) is 11.7.